The number of unbranched alkanes of at least 4 members (excludes halogenated alkanes) is 18. The molecule has 0 aromatic carbocycles. The molecule has 0 aliphatic heterocycles. The third-order valence-corrected chi connectivity index (χ3v) is 13.2. The third kappa shape index (κ3) is 65.5. The van der Waals surface area contributed by atoms with E-state index in [4.69, 9.17) is 14.2 Å². The lowest BCUT2D eigenvalue weighted by Gasteiger charge is -2.18. The molecule has 6 nitrogen and oxygen atoms in total. The molecule has 0 aromatic rings. The summed E-state index contributed by atoms with van der Waals surface area (Å²) in [7, 11) is 0. The minimum absolute atomic E-state index is 0.108. The van der Waals surface area contributed by atoms with E-state index in [-0.39, 0.29) is 37.5 Å². The zero-order valence-electron chi connectivity index (χ0n) is 52.0. The molecule has 0 spiro atoms. The molecular weight excluding hydrogens is 997 g/mol. The van der Waals surface area contributed by atoms with E-state index < -0.39 is 6.10 Å². The summed E-state index contributed by atoms with van der Waals surface area (Å²) in [5, 5.41) is 0. The molecule has 0 saturated carbocycles. The van der Waals surface area contributed by atoms with Gasteiger partial charge in [-0.25, -0.2) is 0 Å². The predicted molar refractivity (Wildman–Crippen MR) is 352 cm³/mol. The van der Waals surface area contributed by atoms with Crippen LogP contribution in [0.3, 0.4) is 0 Å². The Bertz CT molecular complexity index is 1860. The summed E-state index contributed by atoms with van der Waals surface area (Å²) >= 11 is 0. The maximum Gasteiger partial charge on any atom is 0.306 e. The van der Waals surface area contributed by atoms with Crippen molar-refractivity contribution < 1.29 is 28.6 Å². The van der Waals surface area contributed by atoms with Crippen LogP contribution in [0.2, 0.25) is 0 Å². The zero-order valence-corrected chi connectivity index (χ0v) is 52.0. The standard InChI is InChI=1S/C75H118O6/c1-4-7-10-13-16-19-22-25-27-28-29-30-31-32-33-34-35-36-37-38-39-40-41-42-43-44-45-46-48-50-53-56-59-62-65-68-74(77)80-71-72(70-79-73(76)67-64-61-58-55-52-49-24-21-18-15-12-9-6-3)81-75(78)69-66-63-60-57-54-51-47-26-23-20-17-14-11-8-5-2/h7-8,10-12,15-17,19-21,24-27,29-30,32-33,35-36,38-39,41-42,47,54,57,72H,4-6,9,13-14,18,22-23,28,31,34,37,40,43-46,48-53,55-56,58-71H2,1-3H3/b10-7-,11-8-,15-12-,19-16-,20-17-,24-21-,27-25-,30-29-,33-32-,36-35-,39-38-,42-41-,47-26-,57-54-. The Labute approximate surface area is 498 Å². The van der Waals surface area contributed by atoms with Crippen LogP contribution >= 0.6 is 0 Å². The topological polar surface area (TPSA) is 78.9 Å². The Balaban J connectivity index is 4.28. The number of hydrogen-bond acceptors (Lipinski definition) is 6. The lowest BCUT2D eigenvalue weighted by Crippen LogP contribution is -2.30. The van der Waals surface area contributed by atoms with Gasteiger partial charge in [0.1, 0.15) is 13.2 Å². The number of hydrogen-bond donors (Lipinski definition) is 0. The zero-order chi connectivity index (χ0) is 58.5. The first kappa shape index (κ1) is 75.8. The van der Waals surface area contributed by atoms with Crippen molar-refractivity contribution in [1.29, 1.82) is 0 Å². The largest absolute Gasteiger partial charge is 0.462 e. The lowest BCUT2D eigenvalue weighted by atomic mass is 10.1. The monoisotopic (exact) mass is 1110 g/mol. The summed E-state index contributed by atoms with van der Waals surface area (Å²) in [5.74, 6) is -0.973. The van der Waals surface area contributed by atoms with E-state index in [2.05, 4.69) is 191 Å². The molecule has 1 unspecified atom stereocenters. The molecule has 1 atom stereocenters. The Kier molecular flexibility index (Phi) is 62.9. The number of rotatable bonds is 57. The Morgan fingerprint density at radius 2 is 0.481 bits per heavy atom. The van der Waals surface area contributed by atoms with Gasteiger partial charge in [-0.05, 0) is 148 Å². The molecule has 0 rings (SSSR count). The summed E-state index contributed by atoms with van der Waals surface area (Å²) < 4.78 is 16.8. The summed E-state index contributed by atoms with van der Waals surface area (Å²) in [5.41, 5.74) is 0. The number of carbonyl (C=O) groups is 3. The Morgan fingerprint density at radius 3 is 0.778 bits per heavy atom. The fourth-order valence-electron chi connectivity index (χ4n) is 8.37. The highest BCUT2D eigenvalue weighted by atomic mass is 16.6. The first-order valence-electron chi connectivity index (χ1n) is 32.6. The van der Waals surface area contributed by atoms with Gasteiger partial charge in [-0.2, -0.15) is 0 Å². The molecule has 0 aliphatic rings. The molecule has 0 aliphatic carbocycles. The molecular formula is C75H118O6. The van der Waals surface area contributed by atoms with Gasteiger partial charge in [0.2, 0.25) is 0 Å². The van der Waals surface area contributed by atoms with Crippen molar-refractivity contribution in [3.63, 3.8) is 0 Å². The van der Waals surface area contributed by atoms with Crippen LogP contribution in [-0.4, -0.2) is 37.2 Å². The van der Waals surface area contributed by atoms with E-state index in [9.17, 15) is 14.4 Å². The van der Waals surface area contributed by atoms with Crippen LogP contribution in [0.25, 0.3) is 0 Å². The van der Waals surface area contributed by atoms with Crippen molar-refractivity contribution in [3.8, 4) is 0 Å². The first-order valence-corrected chi connectivity index (χ1v) is 32.6. The second kappa shape index (κ2) is 67.3. The average Bonchev–Trinajstić information content (AvgIpc) is 3.46. The van der Waals surface area contributed by atoms with Gasteiger partial charge in [0.25, 0.3) is 0 Å². The van der Waals surface area contributed by atoms with E-state index in [1.807, 2.05) is 0 Å². The van der Waals surface area contributed by atoms with Crippen molar-refractivity contribution in [1.82, 2.24) is 0 Å². The van der Waals surface area contributed by atoms with Crippen LogP contribution < -0.4 is 0 Å². The van der Waals surface area contributed by atoms with Crippen molar-refractivity contribution in [2.45, 2.75) is 271 Å². The van der Waals surface area contributed by atoms with E-state index >= 15 is 0 Å². The fourth-order valence-corrected chi connectivity index (χ4v) is 8.37. The van der Waals surface area contributed by atoms with Gasteiger partial charge < -0.3 is 14.2 Å². The molecule has 0 saturated heterocycles. The number of esters is 3. The molecule has 0 fully saturated rings. The number of allylic oxidation sites excluding steroid dienone is 28. The molecule has 0 radical (unpaired) electrons. The van der Waals surface area contributed by atoms with E-state index in [0.717, 1.165) is 167 Å². The smallest absolute Gasteiger partial charge is 0.306 e. The molecule has 0 N–H and O–H groups in total. The van der Waals surface area contributed by atoms with Crippen LogP contribution in [0.15, 0.2) is 170 Å². The van der Waals surface area contributed by atoms with Gasteiger partial charge in [-0.3, -0.25) is 14.4 Å². The summed E-state index contributed by atoms with van der Waals surface area (Å²) in [6, 6.07) is 0. The van der Waals surface area contributed by atoms with Crippen LogP contribution in [0.1, 0.15) is 265 Å². The Hall–Kier alpha value is -5.23. The van der Waals surface area contributed by atoms with Gasteiger partial charge in [0.15, 0.2) is 6.10 Å². The van der Waals surface area contributed by atoms with Crippen molar-refractivity contribution in [2.75, 3.05) is 13.2 Å². The highest BCUT2D eigenvalue weighted by Gasteiger charge is 2.19. The van der Waals surface area contributed by atoms with Crippen molar-refractivity contribution in [2.24, 2.45) is 0 Å². The number of carbonyl (C=O) groups excluding carboxylic acids is 3. The quantitative estimate of drug-likeness (QED) is 0.0261. The number of ether oxygens (including phenoxy) is 3. The van der Waals surface area contributed by atoms with E-state index in [0.29, 0.717) is 19.3 Å². The highest BCUT2D eigenvalue weighted by molar-refractivity contribution is 5.71. The normalized spacial score (nSPS) is 13.3. The minimum Gasteiger partial charge on any atom is -0.462 e. The van der Waals surface area contributed by atoms with Crippen LogP contribution in [0.5, 0.6) is 0 Å². The van der Waals surface area contributed by atoms with Gasteiger partial charge >= 0.3 is 17.9 Å². The molecule has 0 heterocycles. The van der Waals surface area contributed by atoms with Crippen LogP contribution in [0, 0.1) is 0 Å². The second-order valence-electron chi connectivity index (χ2n) is 20.9. The van der Waals surface area contributed by atoms with E-state index in [1.165, 1.54) is 51.4 Å². The molecule has 454 valence electrons. The predicted octanol–water partition coefficient (Wildman–Crippen LogP) is 22.7. The third-order valence-electron chi connectivity index (χ3n) is 13.2. The van der Waals surface area contributed by atoms with Gasteiger partial charge in [-0.1, -0.05) is 268 Å². The van der Waals surface area contributed by atoms with Gasteiger partial charge in [0, 0.05) is 19.3 Å². The van der Waals surface area contributed by atoms with Crippen LogP contribution in [0.4, 0.5) is 0 Å². The molecule has 0 aromatic heterocycles. The molecule has 6 heteroatoms. The summed E-state index contributed by atoms with van der Waals surface area (Å²) in [6.45, 7) is 6.29. The second-order valence-corrected chi connectivity index (χ2v) is 20.9. The SMILES string of the molecule is CC/C=C\C/C=C\C/C=C\C/C=C\C/C=C\C/C=C\C/C=C\C/C=C\CCCCCCCCCCCCC(=O)OCC(COC(=O)CCCCCCC/C=C\C/C=C\CCC)OC(=O)CCCC/C=C\C/C=C\C/C=C\C/C=C\CC. The van der Waals surface area contributed by atoms with Gasteiger partial charge in [-0.15, -0.1) is 0 Å². The molecule has 0 amide bonds. The maximum atomic E-state index is 12.9. The minimum atomic E-state index is -0.815. The summed E-state index contributed by atoms with van der Waals surface area (Å²) in [4.78, 5) is 38.2. The van der Waals surface area contributed by atoms with Crippen molar-refractivity contribution >= 4 is 17.9 Å². The lowest BCUT2D eigenvalue weighted by molar-refractivity contribution is -0.167. The maximum absolute atomic E-state index is 12.9. The first-order chi connectivity index (χ1) is 40.0. The van der Waals surface area contributed by atoms with Crippen LogP contribution in [-0.2, 0) is 28.6 Å². The van der Waals surface area contributed by atoms with E-state index in [1.54, 1.807) is 0 Å². The van der Waals surface area contributed by atoms with Crippen molar-refractivity contribution in [3.05, 3.63) is 170 Å². The molecule has 0 bridgehead atoms. The highest BCUT2D eigenvalue weighted by Crippen LogP contribution is 2.14. The Morgan fingerprint density at radius 1 is 0.259 bits per heavy atom. The summed E-state index contributed by atoms with van der Waals surface area (Å²) in [6.07, 6.45) is 99.4. The molecule has 81 heavy (non-hydrogen) atoms. The van der Waals surface area contributed by atoms with Gasteiger partial charge in [0.05, 0.1) is 0 Å². The fraction of sp³-hybridized carbons (Fsp3) is 0.587. The average molecular weight is 1120 g/mol.